The zero-order valence-corrected chi connectivity index (χ0v) is 16.5. The Kier molecular flexibility index (Phi) is 29.9. The third-order valence-corrected chi connectivity index (χ3v) is 1.19. The van der Waals surface area contributed by atoms with Crippen LogP contribution in [0.25, 0.3) is 0 Å². The monoisotopic (exact) mass is 330 g/mol. The van der Waals surface area contributed by atoms with Crippen molar-refractivity contribution in [1.82, 2.24) is 10.6 Å². The van der Waals surface area contributed by atoms with Gasteiger partial charge in [0.05, 0.1) is 11.9 Å². The second kappa shape index (κ2) is 20.3. The van der Waals surface area contributed by atoms with Crippen LogP contribution in [0.15, 0.2) is 0 Å². The fourth-order valence-electron chi connectivity index (χ4n) is 0.607. The van der Waals surface area contributed by atoms with Gasteiger partial charge in [-0.05, 0) is 0 Å². The zero-order valence-electron chi connectivity index (χ0n) is 11.4. The number of aliphatic hydroxyl groups is 4. The van der Waals surface area contributed by atoms with Gasteiger partial charge in [0, 0.05) is 26.2 Å². The number of aliphatic hydroxyl groups excluding tert-OH is 2. The molecule has 0 rings (SSSR count). The van der Waals surface area contributed by atoms with Crippen LogP contribution in [0.3, 0.4) is 0 Å². The van der Waals surface area contributed by atoms with Crippen LogP contribution in [-0.4, -0.2) is 71.1 Å². The second-order valence-corrected chi connectivity index (χ2v) is 2.97. The minimum Gasteiger partial charge on any atom is -0.549 e. The summed E-state index contributed by atoms with van der Waals surface area (Å²) in [6.07, 6.45) is -3.02. The largest absolute Gasteiger partial charge is 1.00 e. The molecule has 12 heteroatoms. The molecule has 0 aromatic heterocycles. The van der Waals surface area contributed by atoms with Crippen molar-refractivity contribution < 1.29 is 121 Å². The number of rotatable bonds is 8. The smallest absolute Gasteiger partial charge is 0.549 e. The molecule has 0 aliphatic heterocycles. The van der Waals surface area contributed by atoms with Crippen molar-refractivity contribution >= 4 is 11.9 Å². The maximum absolute atomic E-state index is 9.64. The molecule has 0 radical (unpaired) electrons. The number of carbonyl (C=O) groups is 2. The fraction of sp³-hybridized carbons (Fsp3) is 0.750. The molecule has 0 fully saturated rings. The quantitative estimate of drug-likeness (QED) is 0.184. The first-order chi connectivity index (χ1) is 8.25. The van der Waals surface area contributed by atoms with Crippen LogP contribution in [0.4, 0.5) is 0 Å². The number of carboxylic acids is 2. The molecule has 0 saturated heterocycles. The summed E-state index contributed by atoms with van der Waals surface area (Å²) >= 11 is 0. The number of carboxylic acid groups (broad SMARTS) is 2. The Labute approximate surface area is 180 Å². The fourth-order valence-corrected chi connectivity index (χ4v) is 0.607. The molecule has 20 heavy (non-hydrogen) atoms. The van der Waals surface area contributed by atoms with E-state index in [9.17, 15) is 19.8 Å². The van der Waals surface area contributed by atoms with Crippen LogP contribution in [0, 0.1) is 0 Å². The Morgan fingerprint density at radius 2 is 1.10 bits per heavy atom. The average Bonchev–Trinajstić information content (AvgIpc) is 2.15. The van der Waals surface area contributed by atoms with Crippen LogP contribution < -0.4 is 102 Å². The van der Waals surface area contributed by atoms with Gasteiger partial charge < -0.3 is 50.9 Å². The topological polar surface area (TPSA) is 185 Å². The molecule has 0 saturated carbocycles. The maximum Gasteiger partial charge on any atom is 1.00 e. The zero-order chi connectivity index (χ0) is 14.6. The molecule has 0 unspecified atom stereocenters. The Bertz CT molecular complexity index is 221. The molecule has 10 nitrogen and oxygen atoms in total. The van der Waals surface area contributed by atoms with E-state index in [0.717, 1.165) is 0 Å². The van der Waals surface area contributed by atoms with Gasteiger partial charge in [0.1, 0.15) is 0 Å². The van der Waals surface area contributed by atoms with E-state index in [4.69, 9.17) is 20.4 Å². The van der Waals surface area contributed by atoms with Crippen molar-refractivity contribution in [3.63, 3.8) is 0 Å². The summed E-state index contributed by atoms with van der Waals surface area (Å²) in [5.74, 6) is -2.54. The van der Waals surface area contributed by atoms with Crippen molar-refractivity contribution in [1.29, 1.82) is 0 Å². The van der Waals surface area contributed by atoms with Crippen molar-refractivity contribution in [3.05, 3.63) is 0 Å². The Hall–Kier alpha value is 1.34. The number of aliphatic carboxylic acids is 2. The van der Waals surface area contributed by atoms with Crippen molar-refractivity contribution in [2.75, 3.05) is 26.2 Å². The number of carbonyl (C=O) groups excluding carboxylic acids is 2. The van der Waals surface area contributed by atoms with Crippen LogP contribution in [-0.2, 0) is 9.59 Å². The number of hydrogen-bond acceptors (Lipinski definition) is 10. The summed E-state index contributed by atoms with van der Waals surface area (Å²) < 4.78 is 0. The van der Waals surface area contributed by atoms with E-state index in [1.54, 1.807) is 0 Å². The van der Waals surface area contributed by atoms with E-state index in [2.05, 4.69) is 10.6 Å². The van der Waals surface area contributed by atoms with Gasteiger partial charge in [0.25, 0.3) is 0 Å². The van der Waals surface area contributed by atoms with Crippen LogP contribution >= 0.6 is 0 Å². The van der Waals surface area contributed by atoms with Gasteiger partial charge in [0.15, 0.2) is 12.6 Å². The molecule has 0 aromatic rings. The van der Waals surface area contributed by atoms with Gasteiger partial charge in [-0.3, -0.25) is 0 Å². The molecular formula is C8H16KN2NaO8. The average molecular weight is 330 g/mol. The standard InChI is InChI=1S/2C4H9NO4.K.Na/c2*6-3(7)1-5-2-4(8)9;;/h2*3,5-7H,1-2H2,(H,8,9);;/q;;2*+1/p-2. The van der Waals surface area contributed by atoms with Crippen molar-refractivity contribution in [2.45, 2.75) is 12.6 Å². The van der Waals surface area contributed by atoms with Gasteiger partial charge in [-0.2, -0.15) is 0 Å². The summed E-state index contributed by atoms with van der Waals surface area (Å²) in [4.78, 5) is 19.3. The molecule has 0 heterocycles. The summed E-state index contributed by atoms with van der Waals surface area (Å²) in [5.41, 5.74) is 0. The van der Waals surface area contributed by atoms with E-state index in [0.29, 0.717) is 0 Å². The Morgan fingerprint density at radius 3 is 1.25 bits per heavy atom. The van der Waals surface area contributed by atoms with Crippen molar-refractivity contribution in [3.8, 4) is 0 Å². The van der Waals surface area contributed by atoms with Gasteiger partial charge in [0.2, 0.25) is 0 Å². The Morgan fingerprint density at radius 1 is 0.850 bits per heavy atom. The molecule has 0 aliphatic carbocycles. The Balaban J connectivity index is -0.000000116. The second-order valence-electron chi connectivity index (χ2n) is 2.97. The maximum atomic E-state index is 9.64. The number of nitrogens with one attached hydrogen (secondary N) is 2. The van der Waals surface area contributed by atoms with E-state index in [1.165, 1.54) is 0 Å². The first-order valence-electron chi connectivity index (χ1n) is 4.79. The predicted molar refractivity (Wildman–Crippen MR) is 52.2 cm³/mol. The molecule has 108 valence electrons. The molecule has 0 atom stereocenters. The molecule has 0 bridgehead atoms. The van der Waals surface area contributed by atoms with Gasteiger partial charge >= 0.3 is 80.9 Å². The van der Waals surface area contributed by atoms with Gasteiger partial charge in [-0.25, -0.2) is 0 Å². The third-order valence-electron chi connectivity index (χ3n) is 1.19. The molecule has 0 aliphatic rings. The first kappa shape index (κ1) is 29.4. The van der Waals surface area contributed by atoms with Gasteiger partial charge in [-0.15, -0.1) is 0 Å². The predicted octanol–water partition coefficient (Wildman–Crippen LogP) is -12.7. The molecule has 6 N–H and O–H groups in total. The van der Waals surface area contributed by atoms with Crippen molar-refractivity contribution in [2.24, 2.45) is 0 Å². The van der Waals surface area contributed by atoms with E-state index in [-0.39, 0.29) is 107 Å². The summed E-state index contributed by atoms with van der Waals surface area (Å²) in [7, 11) is 0. The molecular weight excluding hydrogens is 314 g/mol. The first-order valence-corrected chi connectivity index (χ1v) is 4.79. The van der Waals surface area contributed by atoms with Gasteiger partial charge in [-0.1, -0.05) is 0 Å². The molecule has 0 aromatic carbocycles. The molecule has 0 spiro atoms. The number of hydrogen-bond donors (Lipinski definition) is 6. The summed E-state index contributed by atoms with van der Waals surface area (Å²) in [6, 6.07) is 0. The summed E-state index contributed by atoms with van der Waals surface area (Å²) in [6.45, 7) is -1.04. The van der Waals surface area contributed by atoms with E-state index >= 15 is 0 Å². The normalized spacial score (nSPS) is 9.10. The van der Waals surface area contributed by atoms with E-state index in [1.807, 2.05) is 0 Å². The SMILES string of the molecule is O=C([O-])CNCC(O)O.O=C([O-])CNCC(O)O.[K+].[Na+]. The van der Waals surface area contributed by atoms with Crippen LogP contribution in [0.2, 0.25) is 0 Å². The summed E-state index contributed by atoms with van der Waals surface area (Å²) in [5, 5.41) is 56.3. The minimum atomic E-state index is -1.51. The van der Waals surface area contributed by atoms with E-state index < -0.39 is 24.5 Å². The molecule has 0 amide bonds. The third kappa shape index (κ3) is 36.6. The van der Waals surface area contributed by atoms with Crippen LogP contribution in [0.5, 0.6) is 0 Å². The minimum absolute atomic E-state index is 0. The van der Waals surface area contributed by atoms with Crippen LogP contribution in [0.1, 0.15) is 0 Å².